The van der Waals surface area contributed by atoms with Gasteiger partial charge in [-0.25, -0.2) is 9.97 Å². The molecule has 1 aromatic heterocycles. The normalized spacial score (nSPS) is 12.9. The second-order valence-electron chi connectivity index (χ2n) is 14.5. The van der Waals surface area contributed by atoms with Crippen LogP contribution in [-0.2, 0) is 5.41 Å². The Bertz CT molecular complexity index is 3040. The monoisotopic (exact) mass is 698 g/mol. The van der Waals surface area contributed by atoms with Crippen molar-refractivity contribution in [1.82, 2.24) is 9.97 Å². The Labute approximate surface area is 320 Å². The lowest BCUT2D eigenvalue weighted by molar-refractivity contribution is 0.769. The molecule has 0 spiro atoms. The molecule has 2 heteroatoms. The number of nitrogens with zero attached hydrogens (tertiary/aromatic N) is 2. The predicted octanol–water partition coefficient (Wildman–Crippen LogP) is 13.3. The predicted molar refractivity (Wildman–Crippen MR) is 228 cm³/mol. The van der Waals surface area contributed by atoms with Crippen LogP contribution in [0.25, 0.3) is 77.3 Å². The average molecular weight is 699 g/mol. The molecule has 0 unspecified atom stereocenters. The zero-order chi connectivity index (χ0) is 36.3. The molecule has 0 atom stereocenters. The van der Waals surface area contributed by atoms with E-state index in [1.807, 2.05) is 6.07 Å². The summed E-state index contributed by atoms with van der Waals surface area (Å²) in [6.45, 7) is 0. The number of benzene rings is 9. The van der Waals surface area contributed by atoms with Crippen molar-refractivity contribution in [2.24, 2.45) is 0 Å². The molecule has 55 heavy (non-hydrogen) atoms. The van der Waals surface area contributed by atoms with Gasteiger partial charge in [0.1, 0.15) is 0 Å². The highest BCUT2D eigenvalue weighted by atomic mass is 14.8. The van der Waals surface area contributed by atoms with Gasteiger partial charge in [0.25, 0.3) is 0 Å². The molecule has 1 aliphatic rings. The Hall–Kier alpha value is -7.16. The molecule has 1 heterocycles. The third kappa shape index (κ3) is 4.89. The molecule has 0 fully saturated rings. The summed E-state index contributed by atoms with van der Waals surface area (Å²) in [6.07, 6.45) is 0. The van der Waals surface area contributed by atoms with E-state index in [-0.39, 0.29) is 0 Å². The first-order valence-electron chi connectivity index (χ1n) is 18.9. The van der Waals surface area contributed by atoms with Crippen molar-refractivity contribution in [3.63, 3.8) is 0 Å². The maximum Gasteiger partial charge on any atom is 0.0973 e. The third-order valence-electron chi connectivity index (χ3n) is 11.5. The highest BCUT2D eigenvalue weighted by molar-refractivity contribution is 6.05. The van der Waals surface area contributed by atoms with Gasteiger partial charge in [0.05, 0.1) is 27.8 Å². The van der Waals surface area contributed by atoms with Crippen molar-refractivity contribution >= 4 is 32.6 Å². The van der Waals surface area contributed by atoms with E-state index in [9.17, 15) is 0 Å². The largest absolute Gasteiger partial charge is 0.244 e. The van der Waals surface area contributed by atoms with Crippen LogP contribution in [-0.4, -0.2) is 9.97 Å². The van der Waals surface area contributed by atoms with Gasteiger partial charge in [-0.2, -0.15) is 0 Å². The fraction of sp³-hybridized carbons (Fsp3) is 0.0189. The minimum absolute atomic E-state index is 0.417. The van der Waals surface area contributed by atoms with Gasteiger partial charge in [-0.1, -0.05) is 176 Å². The maximum atomic E-state index is 5.34. The van der Waals surface area contributed by atoms with Crippen LogP contribution in [0.2, 0.25) is 0 Å². The van der Waals surface area contributed by atoms with Gasteiger partial charge < -0.3 is 0 Å². The summed E-state index contributed by atoms with van der Waals surface area (Å²) in [5.41, 5.74) is 15.3. The SMILES string of the molecule is c1ccc(-c2nc3c(ccc4ccccc43)nc2-c2cccc(-c3ccc4cc5c(cc4c3)-c3ccccc3C5(c3ccccc3)c3ccccc3)c2)cc1. The number of hydrogen-bond donors (Lipinski definition) is 0. The van der Waals surface area contributed by atoms with E-state index >= 15 is 0 Å². The molecule has 256 valence electrons. The van der Waals surface area contributed by atoms with Gasteiger partial charge >= 0.3 is 0 Å². The smallest absolute Gasteiger partial charge is 0.0973 e. The highest BCUT2D eigenvalue weighted by Crippen LogP contribution is 2.57. The summed E-state index contributed by atoms with van der Waals surface area (Å²) in [5.74, 6) is 0. The topological polar surface area (TPSA) is 25.8 Å². The Morgan fingerprint density at radius 2 is 0.945 bits per heavy atom. The molecular weight excluding hydrogens is 665 g/mol. The lowest BCUT2D eigenvalue weighted by Crippen LogP contribution is -2.28. The lowest BCUT2D eigenvalue weighted by Gasteiger charge is -2.34. The molecule has 1 aliphatic carbocycles. The molecule has 0 radical (unpaired) electrons. The molecule has 9 aromatic carbocycles. The Morgan fingerprint density at radius 1 is 0.327 bits per heavy atom. The Morgan fingerprint density at radius 3 is 1.75 bits per heavy atom. The first-order chi connectivity index (χ1) is 27.3. The molecule has 0 saturated carbocycles. The fourth-order valence-electron chi connectivity index (χ4n) is 9.00. The summed E-state index contributed by atoms with van der Waals surface area (Å²) in [5, 5.41) is 4.71. The molecule has 0 bridgehead atoms. The third-order valence-corrected chi connectivity index (χ3v) is 11.5. The number of rotatable bonds is 5. The van der Waals surface area contributed by atoms with E-state index in [1.165, 1.54) is 49.7 Å². The van der Waals surface area contributed by atoms with Crippen molar-refractivity contribution in [1.29, 1.82) is 0 Å². The number of hydrogen-bond acceptors (Lipinski definition) is 2. The quantitative estimate of drug-likeness (QED) is 0.167. The van der Waals surface area contributed by atoms with E-state index in [4.69, 9.17) is 9.97 Å². The summed E-state index contributed by atoms with van der Waals surface area (Å²) in [6, 6.07) is 74.6. The van der Waals surface area contributed by atoms with Crippen molar-refractivity contribution in [3.05, 3.63) is 229 Å². The average Bonchev–Trinajstić information content (AvgIpc) is 3.55. The van der Waals surface area contributed by atoms with Crippen LogP contribution >= 0.6 is 0 Å². The van der Waals surface area contributed by atoms with Gasteiger partial charge in [-0.05, 0) is 91.0 Å². The van der Waals surface area contributed by atoms with Crippen LogP contribution in [0.1, 0.15) is 22.3 Å². The standard InChI is InChI=1S/C53H34N2/c1-4-16-36(17-5-1)50-51(54-49-30-29-35-15-10-11-24-44(35)52(49)55-50)40-19-14-18-37(31-40)38-27-28-39-34-48-46(33-41(39)32-38)45-25-12-13-26-47(45)53(48,42-20-6-2-7-21-42)43-22-8-3-9-23-43/h1-34H. The Kier molecular flexibility index (Phi) is 7.11. The summed E-state index contributed by atoms with van der Waals surface area (Å²) in [4.78, 5) is 10.7. The van der Waals surface area contributed by atoms with Crippen molar-refractivity contribution in [2.45, 2.75) is 5.41 Å². The highest BCUT2D eigenvalue weighted by Gasteiger charge is 2.46. The van der Waals surface area contributed by atoms with E-state index in [1.54, 1.807) is 0 Å². The summed E-state index contributed by atoms with van der Waals surface area (Å²) < 4.78 is 0. The van der Waals surface area contributed by atoms with Crippen LogP contribution in [0.5, 0.6) is 0 Å². The minimum atomic E-state index is -0.417. The zero-order valence-corrected chi connectivity index (χ0v) is 30.0. The van der Waals surface area contributed by atoms with Crippen molar-refractivity contribution in [3.8, 4) is 44.8 Å². The lowest BCUT2D eigenvalue weighted by atomic mass is 9.67. The second-order valence-corrected chi connectivity index (χ2v) is 14.5. The van der Waals surface area contributed by atoms with Crippen LogP contribution in [0.3, 0.4) is 0 Å². The first kappa shape index (κ1) is 31.4. The minimum Gasteiger partial charge on any atom is -0.244 e. The Balaban J connectivity index is 1.08. The van der Waals surface area contributed by atoms with Gasteiger partial charge in [0.2, 0.25) is 0 Å². The summed E-state index contributed by atoms with van der Waals surface area (Å²) in [7, 11) is 0. The van der Waals surface area contributed by atoms with Crippen molar-refractivity contribution in [2.75, 3.05) is 0 Å². The molecule has 0 saturated heterocycles. The zero-order valence-electron chi connectivity index (χ0n) is 30.0. The van der Waals surface area contributed by atoms with E-state index in [0.717, 1.165) is 49.9 Å². The molecule has 11 rings (SSSR count). The van der Waals surface area contributed by atoms with Gasteiger partial charge in [0.15, 0.2) is 0 Å². The maximum absolute atomic E-state index is 5.34. The van der Waals surface area contributed by atoms with Gasteiger partial charge in [-0.3, -0.25) is 0 Å². The molecule has 2 nitrogen and oxygen atoms in total. The van der Waals surface area contributed by atoms with Crippen molar-refractivity contribution < 1.29 is 0 Å². The molecular formula is C53H34N2. The fourth-order valence-corrected chi connectivity index (χ4v) is 9.00. The van der Waals surface area contributed by atoms with E-state index < -0.39 is 5.41 Å². The number of aromatic nitrogens is 2. The molecule has 10 aromatic rings. The molecule has 0 aliphatic heterocycles. The van der Waals surface area contributed by atoms with Crippen LogP contribution in [0, 0.1) is 0 Å². The second kappa shape index (κ2) is 12.5. The van der Waals surface area contributed by atoms with Gasteiger partial charge in [-0.15, -0.1) is 0 Å². The number of fused-ring (bicyclic) bond motifs is 7. The molecule has 0 N–H and O–H groups in total. The van der Waals surface area contributed by atoms with Crippen LogP contribution in [0.4, 0.5) is 0 Å². The summed E-state index contributed by atoms with van der Waals surface area (Å²) >= 11 is 0. The van der Waals surface area contributed by atoms with Crippen LogP contribution < -0.4 is 0 Å². The van der Waals surface area contributed by atoms with Gasteiger partial charge in [0, 0.05) is 16.5 Å². The first-order valence-corrected chi connectivity index (χ1v) is 18.9. The van der Waals surface area contributed by atoms with Crippen LogP contribution in [0.15, 0.2) is 206 Å². The van der Waals surface area contributed by atoms with E-state index in [2.05, 4.69) is 200 Å². The molecule has 0 amide bonds. The van der Waals surface area contributed by atoms with E-state index in [0.29, 0.717) is 0 Å².